The minimum atomic E-state index is 0. The minimum Gasteiger partial charge on any atom is -0.361 e. The molecule has 0 aromatic carbocycles. The van der Waals surface area contributed by atoms with Crippen molar-refractivity contribution in [1.29, 1.82) is 0 Å². The van der Waals surface area contributed by atoms with Gasteiger partial charge in [-0.05, 0) is 39.5 Å². The summed E-state index contributed by atoms with van der Waals surface area (Å²) in [4.78, 5) is 17.9. The maximum absolute atomic E-state index is 11.4. The van der Waals surface area contributed by atoms with Crippen LogP contribution in [0.15, 0.2) is 9.52 Å². The molecule has 2 N–H and O–H groups in total. The summed E-state index contributed by atoms with van der Waals surface area (Å²) in [6.45, 7) is 11.5. The fourth-order valence-electron chi connectivity index (χ4n) is 2.92. The van der Waals surface area contributed by atoms with Gasteiger partial charge in [0.1, 0.15) is 5.76 Å². The van der Waals surface area contributed by atoms with E-state index in [1.807, 2.05) is 18.7 Å². The van der Waals surface area contributed by atoms with Gasteiger partial charge in [0.15, 0.2) is 5.96 Å². The zero-order valence-corrected chi connectivity index (χ0v) is 17.9. The van der Waals surface area contributed by atoms with E-state index in [-0.39, 0.29) is 29.9 Å². The minimum absolute atomic E-state index is 0. The van der Waals surface area contributed by atoms with Crippen LogP contribution in [0.1, 0.15) is 43.7 Å². The van der Waals surface area contributed by atoms with Crippen LogP contribution in [0.2, 0.25) is 0 Å². The van der Waals surface area contributed by atoms with Crippen molar-refractivity contribution in [2.24, 2.45) is 10.9 Å². The Morgan fingerprint density at radius 2 is 2.00 bits per heavy atom. The summed E-state index contributed by atoms with van der Waals surface area (Å²) >= 11 is 0. The fourth-order valence-corrected chi connectivity index (χ4v) is 2.92. The summed E-state index contributed by atoms with van der Waals surface area (Å²) in [5.41, 5.74) is 1.94. The maximum atomic E-state index is 11.4. The summed E-state index contributed by atoms with van der Waals surface area (Å²) in [6.07, 6.45) is 2.08. The third kappa shape index (κ3) is 6.48. The number of nitrogens with zero attached hydrogens (tertiary/aromatic N) is 3. The average Bonchev–Trinajstić information content (AvgIpc) is 2.89. The molecule has 0 unspecified atom stereocenters. The number of halogens is 1. The molecule has 1 aliphatic rings. The van der Waals surface area contributed by atoms with Crippen LogP contribution in [-0.2, 0) is 11.3 Å². The SMILES string of the molecule is CCNC(=NCc1c(C)noc1C)NCC1CCN(C(C)=O)CC1.I. The van der Waals surface area contributed by atoms with Crippen LogP contribution in [0.3, 0.4) is 0 Å². The van der Waals surface area contributed by atoms with Gasteiger partial charge in [0.05, 0.1) is 12.2 Å². The van der Waals surface area contributed by atoms with Gasteiger partial charge in [-0.1, -0.05) is 5.16 Å². The quantitative estimate of drug-likeness (QED) is 0.398. The molecule has 7 nitrogen and oxygen atoms in total. The van der Waals surface area contributed by atoms with E-state index in [0.717, 1.165) is 62.0 Å². The van der Waals surface area contributed by atoms with Gasteiger partial charge in [-0.15, -0.1) is 24.0 Å². The van der Waals surface area contributed by atoms with Crippen molar-refractivity contribution in [2.45, 2.75) is 47.1 Å². The molecule has 0 spiro atoms. The highest BCUT2D eigenvalue weighted by Gasteiger charge is 2.20. The molecular formula is C17H30IN5O2. The van der Waals surface area contributed by atoms with Gasteiger partial charge in [-0.2, -0.15) is 0 Å². The molecule has 1 saturated heterocycles. The summed E-state index contributed by atoms with van der Waals surface area (Å²) in [5, 5.41) is 10.7. The van der Waals surface area contributed by atoms with Gasteiger partial charge in [0.25, 0.3) is 0 Å². The normalized spacial score (nSPS) is 15.7. The molecule has 0 atom stereocenters. The topological polar surface area (TPSA) is 82.8 Å². The molecule has 142 valence electrons. The van der Waals surface area contributed by atoms with E-state index >= 15 is 0 Å². The molecule has 0 aliphatic carbocycles. The second-order valence-corrected chi connectivity index (χ2v) is 6.33. The number of rotatable bonds is 5. The lowest BCUT2D eigenvalue weighted by Gasteiger charge is -2.31. The van der Waals surface area contributed by atoms with Crippen LogP contribution in [0.25, 0.3) is 0 Å². The van der Waals surface area contributed by atoms with E-state index in [9.17, 15) is 4.79 Å². The van der Waals surface area contributed by atoms with Crippen molar-refractivity contribution in [1.82, 2.24) is 20.7 Å². The number of likely N-dealkylation sites (tertiary alicyclic amines) is 1. The Morgan fingerprint density at radius 1 is 1.32 bits per heavy atom. The first-order valence-corrected chi connectivity index (χ1v) is 8.70. The lowest BCUT2D eigenvalue weighted by atomic mass is 9.97. The molecular weight excluding hydrogens is 433 g/mol. The Balaban J connectivity index is 0.00000312. The number of piperidine rings is 1. The zero-order valence-electron chi connectivity index (χ0n) is 15.6. The van der Waals surface area contributed by atoms with E-state index in [2.05, 4.69) is 27.7 Å². The highest BCUT2D eigenvalue weighted by Crippen LogP contribution is 2.16. The fraction of sp³-hybridized carbons (Fsp3) is 0.706. The van der Waals surface area contributed by atoms with Crippen LogP contribution in [0.5, 0.6) is 0 Å². The molecule has 2 rings (SSSR count). The zero-order chi connectivity index (χ0) is 17.5. The van der Waals surface area contributed by atoms with Crippen molar-refractivity contribution < 1.29 is 9.32 Å². The largest absolute Gasteiger partial charge is 0.361 e. The number of aryl methyl sites for hydroxylation is 2. The summed E-state index contributed by atoms with van der Waals surface area (Å²) in [6, 6.07) is 0. The summed E-state index contributed by atoms with van der Waals surface area (Å²) in [5.74, 6) is 2.38. The Labute approximate surface area is 167 Å². The number of carbonyl (C=O) groups is 1. The predicted octanol–water partition coefficient (Wildman–Crippen LogP) is 2.22. The molecule has 8 heteroatoms. The van der Waals surface area contributed by atoms with Gasteiger partial charge in [0, 0.05) is 38.7 Å². The lowest BCUT2D eigenvalue weighted by molar-refractivity contribution is -0.130. The van der Waals surface area contributed by atoms with Gasteiger partial charge in [-0.25, -0.2) is 4.99 Å². The first-order valence-electron chi connectivity index (χ1n) is 8.70. The van der Waals surface area contributed by atoms with E-state index in [1.165, 1.54) is 0 Å². The third-order valence-electron chi connectivity index (χ3n) is 4.54. The molecule has 1 aromatic heterocycles. The number of hydrogen-bond donors (Lipinski definition) is 2. The van der Waals surface area contributed by atoms with Crippen LogP contribution in [0, 0.1) is 19.8 Å². The van der Waals surface area contributed by atoms with Crippen molar-refractivity contribution in [3.63, 3.8) is 0 Å². The first kappa shape index (κ1) is 21.7. The van der Waals surface area contributed by atoms with Gasteiger partial charge < -0.3 is 20.1 Å². The molecule has 1 amide bonds. The summed E-state index contributed by atoms with van der Waals surface area (Å²) < 4.78 is 5.18. The highest BCUT2D eigenvalue weighted by molar-refractivity contribution is 14.0. The van der Waals surface area contributed by atoms with Crippen molar-refractivity contribution in [2.75, 3.05) is 26.2 Å². The monoisotopic (exact) mass is 463 g/mol. The average molecular weight is 463 g/mol. The standard InChI is InChI=1S/C17H29N5O2.HI/c1-5-18-17(20-11-16-12(2)21-24-13(16)3)19-10-15-6-8-22(9-7-15)14(4)23;/h15H,5-11H2,1-4H3,(H2,18,19,20);1H. The van der Waals surface area contributed by atoms with Crippen molar-refractivity contribution in [3.8, 4) is 0 Å². The third-order valence-corrected chi connectivity index (χ3v) is 4.54. The van der Waals surface area contributed by atoms with E-state index in [4.69, 9.17) is 4.52 Å². The predicted molar refractivity (Wildman–Crippen MR) is 109 cm³/mol. The molecule has 0 saturated carbocycles. The van der Waals surface area contributed by atoms with E-state index < -0.39 is 0 Å². The Bertz CT molecular complexity index is 560. The number of hydrogen-bond acceptors (Lipinski definition) is 4. The number of amides is 1. The van der Waals surface area contributed by atoms with E-state index in [1.54, 1.807) is 6.92 Å². The van der Waals surface area contributed by atoms with Crippen LogP contribution in [0.4, 0.5) is 0 Å². The molecule has 25 heavy (non-hydrogen) atoms. The molecule has 0 bridgehead atoms. The Kier molecular flexibility index (Phi) is 9.23. The van der Waals surface area contributed by atoms with Crippen LogP contribution in [-0.4, -0.2) is 48.1 Å². The van der Waals surface area contributed by atoms with E-state index in [0.29, 0.717) is 12.5 Å². The smallest absolute Gasteiger partial charge is 0.219 e. The van der Waals surface area contributed by atoms with Crippen LogP contribution >= 0.6 is 24.0 Å². The molecule has 0 radical (unpaired) electrons. The van der Waals surface area contributed by atoms with Gasteiger partial charge >= 0.3 is 0 Å². The Morgan fingerprint density at radius 3 is 2.52 bits per heavy atom. The summed E-state index contributed by atoms with van der Waals surface area (Å²) in [7, 11) is 0. The second kappa shape index (κ2) is 10.6. The maximum Gasteiger partial charge on any atom is 0.219 e. The van der Waals surface area contributed by atoms with Crippen LogP contribution < -0.4 is 10.6 Å². The number of carbonyl (C=O) groups excluding carboxylic acids is 1. The number of aliphatic imine (C=N–C) groups is 1. The first-order chi connectivity index (χ1) is 11.5. The van der Waals surface area contributed by atoms with Gasteiger partial charge in [0.2, 0.25) is 5.91 Å². The molecule has 2 heterocycles. The Hall–Kier alpha value is -1.32. The molecule has 1 fully saturated rings. The second-order valence-electron chi connectivity index (χ2n) is 6.33. The van der Waals surface area contributed by atoms with Crippen molar-refractivity contribution >= 4 is 35.8 Å². The highest BCUT2D eigenvalue weighted by atomic mass is 127. The number of nitrogens with one attached hydrogen (secondary N) is 2. The van der Waals surface area contributed by atoms with Gasteiger partial charge in [-0.3, -0.25) is 4.79 Å². The molecule has 1 aliphatic heterocycles. The number of guanidine groups is 1. The molecule has 1 aromatic rings. The van der Waals surface area contributed by atoms with Crippen molar-refractivity contribution in [3.05, 3.63) is 17.0 Å². The number of aromatic nitrogens is 1. The lowest BCUT2D eigenvalue weighted by Crippen LogP contribution is -2.43.